The summed E-state index contributed by atoms with van der Waals surface area (Å²) in [6, 6.07) is 18.7. The Kier molecular flexibility index (Phi) is 5.53. The van der Waals surface area contributed by atoms with E-state index >= 15 is 0 Å². The van der Waals surface area contributed by atoms with Crippen molar-refractivity contribution in [2.24, 2.45) is 0 Å². The van der Waals surface area contributed by atoms with Crippen LogP contribution < -0.4 is 19.7 Å². The molecule has 2 aliphatic rings. The van der Waals surface area contributed by atoms with Crippen LogP contribution >= 0.6 is 23.4 Å². The van der Waals surface area contributed by atoms with Crippen molar-refractivity contribution in [1.29, 1.82) is 0 Å². The molecule has 0 spiro atoms. The number of nitrogens with one attached hydrogen (secondary N) is 1. The number of carbonyl (C=O) groups excluding carboxylic acids is 3. The van der Waals surface area contributed by atoms with Gasteiger partial charge in [0, 0.05) is 20.9 Å². The van der Waals surface area contributed by atoms with Gasteiger partial charge in [0.25, 0.3) is 11.8 Å². The van der Waals surface area contributed by atoms with Crippen molar-refractivity contribution in [2.75, 3.05) is 11.7 Å². The predicted molar refractivity (Wildman–Crippen MR) is 124 cm³/mol. The number of rotatable bonds is 4. The van der Waals surface area contributed by atoms with Crippen molar-refractivity contribution < 1.29 is 23.9 Å². The lowest BCUT2D eigenvalue weighted by molar-refractivity contribution is -0.122. The molecule has 7 nitrogen and oxygen atoms in total. The van der Waals surface area contributed by atoms with E-state index in [0.29, 0.717) is 22.1 Å². The number of benzene rings is 3. The SMILES string of the molecule is O=C1NC(=O)N(c2ccc3c(c2)OCO3)C(=O)/C1=C/c1ccc(Sc2ccc(Cl)cc2)cc1. The standard InChI is InChI=1S/C24H15ClN2O5S/c25-15-3-8-18(9-4-15)33-17-6-1-14(2-7-17)11-19-22(28)26-24(30)27(23(19)29)16-5-10-20-21(12-16)32-13-31-20/h1-12H,13H2,(H,26,28,30)/b19-11+. The van der Waals surface area contributed by atoms with E-state index in [1.54, 1.807) is 36.0 Å². The van der Waals surface area contributed by atoms with Crippen molar-refractivity contribution in [1.82, 2.24) is 5.32 Å². The second-order valence-electron chi connectivity index (χ2n) is 7.12. The maximum absolute atomic E-state index is 13.1. The molecule has 0 unspecified atom stereocenters. The number of fused-ring (bicyclic) bond motifs is 1. The highest BCUT2D eigenvalue weighted by atomic mass is 35.5. The van der Waals surface area contributed by atoms with Crippen molar-refractivity contribution in [2.45, 2.75) is 9.79 Å². The Bertz CT molecular complexity index is 1310. The maximum Gasteiger partial charge on any atom is 0.335 e. The molecular weight excluding hydrogens is 464 g/mol. The lowest BCUT2D eigenvalue weighted by Crippen LogP contribution is -2.54. The Balaban J connectivity index is 1.39. The van der Waals surface area contributed by atoms with Gasteiger partial charge >= 0.3 is 6.03 Å². The molecule has 0 bridgehead atoms. The Morgan fingerprint density at radius 2 is 1.55 bits per heavy atom. The summed E-state index contributed by atoms with van der Waals surface area (Å²) in [6.07, 6.45) is 1.46. The molecule has 33 heavy (non-hydrogen) atoms. The van der Waals surface area contributed by atoms with E-state index in [-0.39, 0.29) is 18.1 Å². The molecule has 1 saturated heterocycles. The van der Waals surface area contributed by atoms with Crippen molar-refractivity contribution in [3.8, 4) is 11.5 Å². The van der Waals surface area contributed by atoms with E-state index in [2.05, 4.69) is 5.32 Å². The summed E-state index contributed by atoms with van der Waals surface area (Å²) < 4.78 is 10.6. The molecule has 0 radical (unpaired) electrons. The zero-order chi connectivity index (χ0) is 22.9. The topological polar surface area (TPSA) is 84.9 Å². The van der Waals surface area contributed by atoms with Crippen LogP contribution in [0, 0.1) is 0 Å². The number of carbonyl (C=O) groups is 3. The van der Waals surface area contributed by atoms with Gasteiger partial charge in [-0.3, -0.25) is 14.9 Å². The van der Waals surface area contributed by atoms with Crippen molar-refractivity contribution >= 4 is 53.0 Å². The van der Waals surface area contributed by atoms with Crippen LogP contribution in [0.2, 0.25) is 5.02 Å². The number of imide groups is 2. The summed E-state index contributed by atoms with van der Waals surface area (Å²) in [6.45, 7) is 0.0644. The molecule has 0 aromatic heterocycles. The van der Waals surface area contributed by atoms with Gasteiger partial charge in [-0.15, -0.1) is 0 Å². The normalized spacial score (nSPS) is 16.3. The van der Waals surface area contributed by atoms with E-state index in [1.807, 2.05) is 36.4 Å². The Hall–Kier alpha value is -3.75. The van der Waals surface area contributed by atoms with Gasteiger partial charge in [-0.1, -0.05) is 35.5 Å². The zero-order valence-electron chi connectivity index (χ0n) is 16.9. The number of ether oxygens (including phenoxy) is 2. The Labute approximate surface area is 197 Å². The van der Waals surface area contributed by atoms with Gasteiger partial charge in [0.05, 0.1) is 5.69 Å². The summed E-state index contributed by atoms with van der Waals surface area (Å²) >= 11 is 7.48. The number of amides is 4. The van der Waals surface area contributed by atoms with Crippen LogP contribution in [0.15, 0.2) is 82.1 Å². The van der Waals surface area contributed by atoms with Crippen LogP contribution in [-0.2, 0) is 9.59 Å². The molecule has 0 aliphatic carbocycles. The van der Waals surface area contributed by atoms with Gasteiger partial charge < -0.3 is 9.47 Å². The summed E-state index contributed by atoms with van der Waals surface area (Å²) in [7, 11) is 0. The van der Waals surface area contributed by atoms with Crippen molar-refractivity contribution in [3.63, 3.8) is 0 Å². The highest BCUT2D eigenvalue weighted by Gasteiger charge is 2.37. The highest BCUT2D eigenvalue weighted by molar-refractivity contribution is 7.99. The van der Waals surface area contributed by atoms with Gasteiger partial charge in [-0.25, -0.2) is 9.69 Å². The zero-order valence-corrected chi connectivity index (χ0v) is 18.5. The van der Waals surface area contributed by atoms with E-state index < -0.39 is 17.8 Å². The molecule has 2 heterocycles. The van der Waals surface area contributed by atoms with E-state index in [1.165, 1.54) is 12.1 Å². The fourth-order valence-corrected chi connectivity index (χ4v) is 4.30. The molecule has 1 N–H and O–H groups in total. The first-order chi connectivity index (χ1) is 16.0. The van der Waals surface area contributed by atoms with E-state index in [9.17, 15) is 14.4 Å². The third kappa shape index (κ3) is 4.30. The number of barbiturate groups is 1. The quantitative estimate of drug-likeness (QED) is 0.424. The lowest BCUT2D eigenvalue weighted by atomic mass is 10.1. The van der Waals surface area contributed by atoms with E-state index in [4.69, 9.17) is 21.1 Å². The number of halogens is 1. The molecule has 0 atom stereocenters. The van der Waals surface area contributed by atoms with E-state index in [0.717, 1.165) is 14.7 Å². The van der Waals surface area contributed by atoms with Crippen LogP contribution in [0.1, 0.15) is 5.56 Å². The molecule has 4 amide bonds. The number of hydrogen-bond acceptors (Lipinski definition) is 6. The monoisotopic (exact) mass is 478 g/mol. The van der Waals surface area contributed by atoms with Crippen LogP contribution in [0.25, 0.3) is 6.08 Å². The molecule has 164 valence electrons. The predicted octanol–water partition coefficient (Wildman–Crippen LogP) is 4.89. The van der Waals surface area contributed by atoms with Crippen LogP contribution in [0.5, 0.6) is 11.5 Å². The first-order valence-corrected chi connectivity index (χ1v) is 11.0. The van der Waals surface area contributed by atoms with Crippen molar-refractivity contribution in [3.05, 3.63) is 82.9 Å². The minimum Gasteiger partial charge on any atom is -0.454 e. The molecule has 9 heteroatoms. The molecule has 0 saturated carbocycles. The minimum atomic E-state index is -0.823. The first kappa shape index (κ1) is 21.1. The summed E-state index contributed by atoms with van der Waals surface area (Å²) in [4.78, 5) is 40.8. The number of nitrogens with zero attached hydrogens (tertiary/aromatic N) is 1. The van der Waals surface area contributed by atoms with Crippen LogP contribution in [0.4, 0.5) is 10.5 Å². The Morgan fingerprint density at radius 1 is 0.879 bits per heavy atom. The molecular formula is C24H15ClN2O5S. The summed E-state index contributed by atoms with van der Waals surface area (Å²) in [5.74, 6) is -0.528. The second-order valence-corrected chi connectivity index (χ2v) is 8.70. The number of anilines is 1. The Morgan fingerprint density at radius 3 is 2.27 bits per heavy atom. The van der Waals surface area contributed by atoms with Crippen LogP contribution in [-0.4, -0.2) is 24.6 Å². The smallest absolute Gasteiger partial charge is 0.335 e. The highest BCUT2D eigenvalue weighted by Crippen LogP contribution is 2.36. The fourth-order valence-electron chi connectivity index (χ4n) is 3.35. The largest absolute Gasteiger partial charge is 0.454 e. The molecule has 3 aromatic rings. The lowest BCUT2D eigenvalue weighted by Gasteiger charge is -2.26. The average molecular weight is 479 g/mol. The van der Waals surface area contributed by atoms with Crippen LogP contribution in [0.3, 0.4) is 0 Å². The third-order valence-corrected chi connectivity index (χ3v) is 6.22. The van der Waals surface area contributed by atoms with Gasteiger partial charge in [0.15, 0.2) is 11.5 Å². The molecule has 1 fully saturated rings. The molecule has 2 aliphatic heterocycles. The molecule has 3 aromatic carbocycles. The average Bonchev–Trinajstić information content (AvgIpc) is 3.27. The summed E-state index contributed by atoms with van der Waals surface area (Å²) in [5, 5.41) is 2.89. The summed E-state index contributed by atoms with van der Waals surface area (Å²) in [5.41, 5.74) is 0.772. The van der Waals surface area contributed by atoms with Gasteiger partial charge in [-0.05, 0) is 60.2 Å². The number of urea groups is 1. The second kappa shape index (κ2) is 8.65. The third-order valence-electron chi connectivity index (χ3n) is 4.96. The molecule has 5 rings (SSSR count). The van der Waals surface area contributed by atoms with Gasteiger partial charge in [0.1, 0.15) is 5.57 Å². The van der Waals surface area contributed by atoms with Gasteiger partial charge in [0.2, 0.25) is 6.79 Å². The fraction of sp³-hybridized carbons (Fsp3) is 0.0417. The minimum absolute atomic E-state index is 0.0644. The first-order valence-electron chi connectivity index (χ1n) is 9.82. The number of hydrogen-bond donors (Lipinski definition) is 1. The van der Waals surface area contributed by atoms with Gasteiger partial charge in [-0.2, -0.15) is 0 Å². The maximum atomic E-state index is 13.1.